The van der Waals surface area contributed by atoms with Crippen LogP contribution in [0.2, 0.25) is 0 Å². The molecule has 0 saturated heterocycles. The lowest BCUT2D eigenvalue weighted by molar-refractivity contribution is -0.113. The first-order valence-corrected chi connectivity index (χ1v) is 9.58. The minimum absolute atomic E-state index is 0.0738. The van der Waals surface area contributed by atoms with Crippen LogP contribution in [-0.4, -0.2) is 24.9 Å². The molecule has 0 radical (unpaired) electrons. The van der Waals surface area contributed by atoms with Gasteiger partial charge in [-0.2, -0.15) is 5.26 Å². The van der Waals surface area contributed by atoms with Gasteiger partial charge in [-0.15, -0.1) is 11.8 Å². The van der Waals surface area contributed by atoms with Crippen LogP contribution in [0.5, 0.6) is 11.5 Å². The number of anilines is 1. The molecule has 6 heteroatoms. The minimum Gasteiger partial charge on any atom is -0.490 e. The smallest absolute Gasteiger partial charge is 0.234 e. The average molecular weight is 370 g/mol. The lowest BCUT2D eigenvalue weighted by atomic mass is 10.2. The Morgan fingerprint density at radius 2 is 1.77 bits per heavy atom. The lowest BCUT2D eigenvalue weighted by Crippen LogP contribution is -2.14. The van der Waals surface area contributed by atoms with Gasteiger partial charge in [0.2, 0.25) is 5.91 Å². The van der Waals surface area contributed by atoms with E-state index in [1.807, 2.05) is 26.0 Å². The van der Waals surface area contributed by atoms with Crippen LogP contribution in [0.4, 0.5) is 5.69 Å². The maximum atomic E-state index is 12.1. The minimum atomic E-state index is -0.0738. The van der Waals surface area contributed by atoms with Crippen molar-refractivity contribution in [2.45, 2.75) is 19.6 Å². The molecule has 0 spiro atoms. The van der Waals surface area contributed by atoms with Gasteiger partial charge in [0.15, 0.2) is 11.5 Å². The Labute approximate surface area is 158 Å². The zero-order valence-electron chi connectivity index (χ0n) is 15.0. The van der Waals surface area contributed by atoms with E-state index in [1.165, 1.54) is 11.8 Å². The highest BCUT2D eigenvalue weighted by atomic mass is 32.2. The summed E-state index contributed by atoms with van der Waals surface area (Å²) in [5.41, 5.74) is 2.40. The van der Waals surface area contributed by atoms with Gasteiger partial charge in [-0.3, -0.25) is 4.79 Å². The molecular formula is C20H22N2O3S. The molecule has 5 nitrogen and oxygen atoms in total. The van der Waals surface area contributed by atoms with Crippen molar-refractivity contribution in [2.24, 2.45) is 0 Å². The first-order chi connectivity index (χ1) is 12.7. The molecule has 0 aliphatic carbocycles. The summed E-state index contributed by atoms with van der Waals surface area (Å²) >= 11 is 1.52. The number of hydrogen-bond acceptors (Lipinski definition) is 5. The van der Waals surface area contributed by atoms with Crippen LogP contribution in [0.1, 0.15) is 25.0 Å². The quantitative estimate of drug-likeness (QED) is 0.715. The number of nitriles is 1. The zero-order valence-corrected chi connectivity index (χ0v) is 15.8. The highest BCUT2D eigenvalue weighted by Gasteiger charge is 2.09. The normalized spacial score (nSPS) is 10.0. The van der Waals surface area contributed by atoms with Gasteiger partial charge in [0.05, 0.1) is 30.6 Å². The molecule has 0 aliphatic rings. The largest absolute Gasteiger partial charge is 0.490 e. The molecule has 0 aliphatic heterocycles. The Balaban J connectivity index is 1.86. The van der Waals surface area contributed by atoms with Crippen LogP contribution in [0.15, 0.2) is 42.5 Å². The van der Waals surface area contributed by atoms with Gasteiger partial charge in [0.25, 0.3) is 0 Å². The first-order valence-electron chi connectivity index (χ1n) is 8.42. The fourth-order valence-electron chi connectivity index (χ4n) is 2.26. The van der Waals surface area contributed by atoms with Gasteiger partial charge in [0, 0.05) is 17.5 Å². The highest BCUT2D eigenvalue weighted by Crippen LogP contribution is 2.30. The van der Waals surface area contributed by atoms with Crippen molar-refractivity contribution >= 4 is 23.4 Å². The summed E-state index contributed by atoms with van der Waals surface area (Å²) in [6, 6.07) is 14.8. The van der Waals surface area contributed by atoms with Crippen LogP contribution >= 0.6 is 11.8 Å². The summed E-state index contributed by atoms with van der Waals surface area (Å²) in [7, 11) is 0. The fraction of sp³-hybridized carbons (Fsp3) is 0.300. The van der Waals surface area contributed by atoms with E-state index in [2.05, 4.69) is 11.4 Å². The molecule has 0 heterocycles. The Morgan fingerprint density at radius 3 is 2.42 bits per heavy atom. The second kappa shape index (κ2) is 10.4. The number of thioether (sulfide) groups is 1. The van der Waals surface area contributed by atoms with E-state index < -0.39 is 0 Å². The molecule has 136 valence electrons. The van der Waals surface area contributed by atoms with Crippen molar-refractivity contribution in [3.8, 4) is 17.6 Å². The van der Waals surface area contributed by atoms with Crippen molar-refractivity contribution in [2.75, 3.05) is 24.3 Å². The standard InChI is InChI=1S/C20H22N2O3S/c1-3-24-18-10-9-17(11-19(18)25-4-2)22-20(23)14-26-13-16-7-5-15(12-21)6-8-16/h5-11H,3-4,13-14H2,1-2H3,(H,22,23). The molecule has 0 fully saturated rings. The Morgan fingerprint density at radius 1 is 1.08 bits per heavy atom. The maximum Gasteiger partial charge on any atom is 0.234 e. The fourth-order valence-corrected chi connectivity index (χ4v) is 3.05. The number of hydrogen-bond donors (Lipinski definition) is 1. The molecule has 2 aromatic rings. The van der Waals surface area contributed by atoms with Crippen LogP contribution in [0.3, 0.4) is 0 Å². The summed E-state index contributed by atoms with van der Waals surface area (Å²) in [5.74, 6) is 2.28. The number of benzene rings is 2. The van der Waals surface area contributed by atoms with Crippen molar-refractivity contribution in [3.05, 3.63) is 53.6 Å². The van der Waals surface area contributed by atoms with Crippen LogP contribution < -0.4 is 14.8 Å². The predicted octanol–water partition coefficient (Wildman–Crippen LogP) is 4.23. The first kappa shape index (κ1) is 19.7. The number of amides is 1. The second-order valence-corrected chi connectivity index (χ2v) is 6.36. The van der Waals surface area contributed by atoms with Gasteiger partial charge in [-0.25, -0.2) is 0 Å². The molecule has 2 aromatic carbocycles. The topological polar surface area (TPSA) is 71.3 Å². The maximum absolute atomic E-state index is 12.1. The lowest BCUT2D eigenvalue weighted by Gasteiger charge is -2.13. The monoisotopic (exact) mass is 370 g/mol. The predicted molar refractivity (Wildman–Crippen MR) is 105 cm³/mol. The van der Waals surface area contributed by atoms with Gasteiger partial charge in [-0.05, 0) is 43.7 Å². The molecule has 2 rings (SSSR count). The van der Waals surface area contributed by atoms with Gasteiger partial charge < -0.3 is 14.8 Å². The van der Waals surface area contributed by atoms with E-state index in [0.29, 0.717) is 47.5 Å². The van der Waals surface area contributed by atoms with Gasteiger partial charge in [-0.1, -0.05) is 12.1 Å². The number of carbonyl (C=O) groups is 1. The summed E-state index contributed by atoms with van der Waals surface area (Å²) in [5, 5.41) is 11.7. The van der Waals surface area contributed by atoms with E-state index >= 15 is 0 Å². The van der Waals surface area contributed by atoms with E-state index in [9.17, 15) is 4.79 Å². The average Bonchev–Trinajstić information content (AvgIpc) is 2.65. The van der Waals surface area contributed by atoms with Crippen molar-refractivity contribution in [1.29, 1.82) is 5.26 Å². The van der Waals surface area contributed by atoms with Crippen molar-refractivity contribution in [3.63, 3.8) is 0 Å². The Kier molecular flexibility index (Phi) is 7.84. The highest BCUT2D eigenvalue weighted by molar-refractivity contribution is 7.99. The molecule has 26 heavy (non-hydrogen) atoms. The van der Waals surface area contributed by atoms with E-state index in [1.54, 1.807) is 30.3 Å². The van der Waals surface area contributed by atoms with Crippen molar-refractivity contribution in [1.82, 2.24) is 0 Å². The Hall–Kier alpha value is -2.65. The van der Waals surface area contributed by atoms with E-state index in [0.717, 1.165) is 5.56 Å². The van der Waals surface area contributed by atoms with Crippen LogP contribution in [-0.2, 0) is 10.5 Å². The SMILES string of the molecule is CCOc1ccc(NC(=O)CSCc2ccc(C#N)cc2)cc1OCC. The third kappa shape index (κ3) is 6.01. The van der Waals surface area contributed by atoms with E-state index in [-0.39, 0.29) is 5.91 Å². The summed E-state index contributed by atoms with van der Waals surface area (Å²) in [6.07, 6.45) is 0. The third-order valence-corrected chi connectivity index (χ3v) is 4.42. The number of carbonyl (C=O) groups excluding carboxylic acids is 1. The van der Waals surface area contributed by atoms with Crippen molar-refractivity contribution < 1.29 is 14.3 Å². The van der Waals surface area contributed by atoms with Gasteiger partial charge >= 0.3 is 0 Å². The Bertz CT molecular complexity index is 770. The second-order valence-electron chi connectivity index (χ2n) is 5.38. The van der Waals surface area contributed by atoms with Gasteiger partial charge in [0.1, 0.15) is 0 Å². The third-order valence-electron chi connectivity index (χ3n) is 3.41. The number of ether oxygens (including phenoxy) is 2. The molecule has 0 unspecified atom stereocenters. The van der Waals surface area contributed by atoms with E-state index in [4.69, 9.17) is 14.7 Å². The van der Waals surface area contributed by atoms with Crippen LogP contribution in [0, 0.1) is 11.3 Å². The molecule has 1 amide bonds. The molecule has 0 atom stereocenters. The molecular weight excluding hydrogens is 348 g/mol. The number of nitrogens with one attached hydrogen (secondary N) is 1. The summed E-state index contributed by atoms with van der Waals surface area (Å²) in [6.45, 7) is 4.90. The number of nitrogens with zero attached hydrogens (tertiary/aromatic N) is 1. The summed E-state index contributed by atoms with van der Waals surface area (Å²) < 4.78 is 11.1. The number of rotatable bonds is 9. The molecule has 0 saturated carbocycles. The summed E-state index contributed by atoms with van der Waals surface area (Å²) in [4.78, 5) is 12.1. The van der Waals surface area contributed by atoms with Crippen LogP contribution in [0.25, 0.3) is 0 Å². The molecule has 0 bridgehead atoms. The molecule has 0 aromatic heterocycles. The zero-order chi connectivity index (χ0) is 18.8. The molecule has 1 N–H and O–H groups in total.